The summed E-state index contributed by atoms with van der Waals surface area (Å²) < 4.78 is 10.1. The first-order valence-electron chi connectivity index (χ1n) is 7.15. The van der Waals surface area contributed by atoms with Crippen molar-refractivity contribution in [3.05, 3.63) is 66.2 Å². The molecular weight excluding hydrogens is 308 g/mol. The van der Waals surface area contributed by atoms with E-state index in [-0.39, 0.29) is 5.97 Å². The number of benzene rings is 2. The third-order valence-electron chi connectivity index (χ3n) is 3.55. The van der Waals surface area contributed by atoms with E-state index in [1.165, 1.54) is 7.11 Å². The molecule has 0 atom stereocenters. The Morgan fingerprint density at radius 3 is 2.22 bits per heavy atom. The van der Waals surface area contributed by atoms with E-state index in [4.69, 9.17) is 9.47 Å². The van der Waals surface area contributed by atoms with Gasteiger partial charge in [-0.05, 0) is 41.5 Å². The second-order valence-corrected chi connectivity index (χ2v) is 5.99. The predicted molar refractivity (Wildman–Crippen MR) is 93.1 cm³/mol. The minimum atomic E-state index is -0.320. The maximum atomic E-state index is 12.1. The van der Waals surface area contributed by atoms with Crippen LogP contribution in [0.15, 0.2) is 60.7 Å². The first kappa shape index (κ1) is 15.3. The zero-order valence-electron chi connectivity index (χ0n) is 12.9. The molecule has 3 nitrogen and oxygen atoms in total. The molecule has 0 saturated heterocycles. The number of methoxy groups -OCH3 is 2. The molecule has 1 aromatic heterocycles. The third kappa shape index (κ3) is 3.12. The minimum absolute atomic E-state index is 0.320. The standard InChI is InChI=1S/C19H16O3S/c1-21-15-10-8-13(9-11-15)17-12-16(19(20)22-2)18(23-17)14-6-4-3-5-7-14/h3-12H,1-2H3. The molecule has 0 aliphatic heterocycles. The van der Waals surface area contributed by atoms with Crippen LogP contribution in [-0.2, 0) is 4.74 Å². The van der Waals surface area contributed by atoms with Gasteiger partial charge in [0.15, 0.2) is 0 Å². The fraction of sp³-hybridized carbons (Fsp3) is 0.105. The van der Waals surface area contributed by atoms with Crippen molar-refractivity contribution in [2.75, 3.05) is 14.2 Å². The van der Waals surface area contributed by atoms with Crippen molar-refractivity contribution >= 4 is 17.3 Å². The number of thiophene rings is 1. The Hall–Kier alpha value is -2.59. The Morgan fingerprint density at radius 2 is 1.61 bits per heavy atom. The van der Waals surface area contributed by atoms with Crippen LogP contribution in [0, 0.1) is 0 Å². The summed E-state index contributed by atoms with van der Waals surface area (Å²) in [5.41, 5.74) is 2.65. The molecule has 0 unspecified atom stereocenters. The van der Waals surface area contributed by atoms with Crippen LogP contribution in [0.1, 0.15) is 10.4 Å². The average Bonchev–Trinajstić information content (AvgIpc) is 3.07. The smallest absolute Gasteiger partial charge is 0.339 e. The molecule has 0 N–H and O–H groups in total. The Bertz CT molecular complexity index is 804. The summed E-state index contributed by atoms with van der Waals surface area (Å²) in [4.78, 5) is 14.1. The summed E-state index contributed by atoms with van der Waals surface area (Å²) >= 11 is 1.58. The first-order chi connectivity index (χ1) is 11.2. The van der Waals surface area contributed by atoms with Crippen LogP contribution in [0.25, 0.3) is 20.9 Å². The van der Waals surface area contributed by atoms with E-state index < -0.39 is 0 Å². The molecule has 0 bridgehead atoms. The molecule has 0 fully saturated rings. The first-order valence-corrected chi connectivity index (χ1v) is 7.96. The molecular formula is C19H16O3S. The quantitative estimate of drug-likeness (QED) is 0.642. The fourth-order valence-corrected chi connectivity index (χ4v) is 3.51. The molecule has 4 heteroatoms. The van der Waals surface area contributed by atoms with Gasteiger partial charge in [0.1, 0.15) is 5.75 Å². The maximum Gasteiger partial charge on any atom is 0.339 e. The highest BCUT2D eigenvalue weighted by Gasteiger charge is 2.18. The highest BCUT2D eigenvalue weighted by atomic mass is 32.1. The second-order valence-electron chi connectivity index (χ2n) is 4.94. The lowest BCUT2D eigenvalue weighted by molar-refractivity contribution is 0.0602. The van der Waals surface area contributed by atoms with Crippen LogP contribution in [0.5, 0.6) is 5.75 Å². The van der Waals surface area contributed by atoms with E-state index in [9.17, 15) is 4.79 Å². The lowest BCUT2D eigenvalue weighted by Crippen LogP contribution is -2.00. The van der Waals surface area contributed by atoms with Gasteiger partial charge < -0.3 is 9.47 Å². The van der Waals surface area contributed by atoms with Gasteiger partial charge in [0, 0.05) is 9.75 Å². The van der Waals surface area contributed by atoms with E-state index in [0.29, 0.717) is 5.56 Å². The Morgan fingerprint density at radius 1 is 0.913 bits per heavy atom. The highest BCUT2D eigenvalue weighted by molar-refractivity contribution is 7.19. The lowest BCUT2D eigenvalue weighted by atomic mass is 10.1. The Kier molecular flexibility index (Phi) is 4.44. The summed E-state index contributed by atoms with van der Waals surface area (Å²) in [5.74, 6) is 0.488. The zero-order valence-corrected chi connectivity index (χ0v) is 13.7. The van der Waals surface area contributed by atoms with Crippen molar-refractivity contribution in [1.29, 1.82) is 0 Å². The van der Waals surface area contributed by atoms with E-state index >= 15 is 0 Å². The third-order valence-corrected chi connectivity index (χ3v) is 4.78. The number of hydrogen-bond acceptors (Lipinski definition) is 4. The summed E-state index contributed by atoms with van der Waals surface area (Å²) in [5, 5.41) is 0. The molecule has 116 valence electrons. The number of carbonyl (C=O) groups is 1. The largest absolute Gasteiger partial charge is 0.497 e. The molecule has 0 spiro atoms. The summed E-state index contributed by atoms with van der Waals surface area (Å²) in [6, 6.07) is 19.6. The summed E-state index contributed by atoms with van der Waals surface area (Å²) in [6.07, 6.45) is 0. The molecule has 3 rings (SSSR count). The maximum absolute atomic E-state index is 12.1. The Balaban J connectivity index is 2.09. The van der Waals surface area contributed by atoms with Crippen LogP contribution < -0.4 is 4.74 Å². The van der Waals surface area contributed by atoms with Gasteiger partial charge in [-0.1, -0.05) is 30.3 Å². The molecule has 0 aliphatic carbocycles. The van der Waals surface area contributed by atoms with Crippen LogP contribution in [0.4, 0.5) is 0 Å². The molecule has 0 saturated carbocycles. The van der Waals surface area contributed by atoms with Gasteiger partial charge in [-0.25, -0.2) is 4.79 Å². The van der Waals surface area contributed by atoms with Crippen LogP contribution in [0.3, 0.4) is 0 Å². The number of rotatable bonds is 4. The van der Waals surface area contributed by atoms with Gasteiger partial charge in [0.05, 0.1) is 19.8 Å². The molecule has 0 aliphatic rings. The van der Waals surface area contributed by atoms with Gasteiger partial charge in [-0.3, -0.25) is 0 Å². The van der Waals surface area contributed by atoms with Gasteiger partial charge in [0.25, 0.3) is 0 Å². The minimum Gasteiger partial charge on any atom is -0.497 e. The molecule has 0 amide bonds. The Labute approximate surface area is 139 Å². The SMILES string of the molecule is COC(=O)c1cc(-c2ccc(OC)cc2)sc1-c1ccccc1. The normalized spacial score (nSPS) is 10.3. The fourth-order valence-electron chi connectivity index (χ4n) is 2.35. The monoisotopic (exact) mass is 324 g/mol. The van der Waals surface area contributed by atoms with Crippen LogP contribution in [0.2, 0.25) is 0 Å². The van der Waals surface area contributed by atoms with E-state index in [1.807, 2.05) is 60.7 Å². The summed E-state index contributed by atoms with van der Waals surface area (Å²) in [7, 11) is 3.05. The van der Waals surface area contributed by atoms with Crippen molar-refractivity contribution in [2.45, 2.75) is 0 Å². The molecule has 3 aromatic rings. The van der Waals surface area contributed by atoms with Crippen molar-refractivity contribution in [2.24, 2.45) is 0 Å². The second kappa shape index (κ2) is 6.67. The van der Waals surface area contributed by atoms with Crippen molar-refractivity contribution in [3.8, 4) is 26.6 Å². The number of hydrogen-bond donors (Lipinski definition) is 0. The number of carbonyl (C=O) groups excluding carboxylic acids is 1. The average molecular weight is 324 g/mol. The van der Waals surface area contributed by atoms with Crippen LogP contribution in [-0.4, -0.2) is 20.2 Å². The number of esters is 1. The van der Waals surface area contributed by atoms with Crippen LogP contribution >= 0.6 is 11.3 Å². The van der Waals surface area contributed by atoms with Crippen molar-refractivity contribution in [3.63, 3.8) is 0 Å². The zero-order chi connectivity index (χ0) is 16.2. The van der Waals surface area contributed by atoms with Crippen molar-refractivity contribution in [1.82, 2.24) is 0 Å². The summed E-state index contributed by atoms with van der Waals surface area (Å²) in [6.45, 7) is 0. The topological polar surface area (TPSA) is 35.5 Å². The van der Waals surface area contributed by atoms with E-state index in [2.05, 4.69) is 0 Å². The molecule has 2 aromatic carbocycles. The van der Waals surface area contributed by atoms with Gasteiger partial charge >= 0.3 is 5.97 Å². The highest BCUT2D eigenvalue weighted by Crippen LogP contribution is 2.38. The van der Waals surface area contributed by atoms with Gasteiger partial charge in [0.2, 0.25) is 0 Å². The van der Waals surface area contributed by atoms with Gasteiger partial charge in [-0.15, -0.1) is 11.3 Å². The molecule has 0 radical (unpaired) electrons. The predicted octanol–water partition coefficient (Wildman–Crippen LogP) is 4.88. The van der Waals surface area contributed by atoms with E-state index in [1.54, 1.807) is 18.4 Å². The number of ether oxygens (including phenoxy) is 2. The van der Waals surface area contributed by atoms with Gasteiger partial charge in [-0.2, -0.15) is 0 Å². The lowest BCUT2D eigenvalue weighted by Gasteiger charge is -2.01. The molecule has 1 heterocycles. The van der Waals surface area contributed by atoms with Crippen molar-refractivity contribution < 1.29 is 14.3 Å². The molecule has 23 heavy (non-hydrogen) atoms. The van der Waals surface area contributed by atoms with E-state index in [0.717, 1.165) is 26.6 Å².